The van der Waals surface area contributed by atoms with Crippen molar-refractivity contribution >= 4 is 5.52 Å². The summed E-state index contributed by atoms with van der Waals surface area (Å²) < 4.78 is 1.71. The van der Waals surface area contributed by atoms with Crippen LogP contribution < -0.4 is 11.2 Å². The maximum atomic E-state index is 9.92. The van der Waals surface area contributed by atoms with Gasteiger partial charge in [-0.05, 0) is 24.6 Å². The summed E-state index contributed by atoms with van der Waals surface area (Å²) in [5, 5.41) is 17.6. The topological polar surface area (TPSA) is 113 Å². The minimum absolute atomic E-state index is 0.0149. The number of fused-ring (bicyclic) bond motifs is 3. The summed E-state index contributed by atoms with van der Waals surface area (Å²) in [6.45, 7) is 0.541. The average Bonchev–Trinajstić information content (AvgIpc) is 2.41. The number of nitrogens with two attached hydrogens (primary N) is 1. The van der Waals surface area contributed by atoms with Crippen molar-refractivity contribution in [3.63, 3.8) is 0 Å². The van der Waals surface area contributed by atoms with E-state index in [0.29, 0.717) is 17.9 Å². The Bertz CT molecular complexity index is 781. The van der Waals surface area contributed by atoms with Crippen LogP contribution in [0.25, 0.3) is 17.0 Å². The minimum atomic E-state index is -0.143. The number of nitrogens with one attached hydrogen (secondary N) is 1. The third-order valence-corrected chi connectivity index (χ3v) is 2.92. The first-order valence-corrected chi connectivity index (χ1v) is 5.80. The van der Waals surface area contributed by atoms with Crippen LogP contribution in [0.4, 0.5) is 0 Å². The second-order valence-corrected chi connectivity index (χ2v) is 4.16. The zero-order valence-corrected chi connectivity index (χ0v) is 10.0. The van der Waals surface area contributed by atoms with E-state index in [-0.39, 0.29) is 17.1 Å². The zero-order chi connectivity index (χ0) is 13.4. The van der Waals surface area contributed by atoms with Gasteiger partial charge in [0.25, 0.3) is 0 Å². The number of pyridine rings is 1. The first-order valence-electron chi connectivity index (χ1n) is 5.80. The van der Waals surface area contributed by atoms with Gasteiger partial charge >= 0.3 is 0 Å². The van der Waals surface area contributed by atoms with Crippen molar-refractivity contribution in [2.45, 2.75) is 6.42 Å². The van der Waals surface area contributed by atoms with Crippen LogP contribution in [0.5, 0.6) is 5.88 Å². The largest absolute Gasteiger partial charge is 0.492 e. The molecule has 0 aromatic carbocycles. The highest BCUT2D eigenvalue weighted by atomic mass is 16.3. The molecular weight excluding hydrogens is 244 g/mol. The van der Waals surface area contributed by atoms with E-state index in [9.17, 15) is 5.11 Å². The van der Waals surface area contributed by atoms with Gasteiger partial charge in [0.05, 0.1) is 0 Å². The molecule has 0 aliphatic carbocycles. The molecule has 19 heavy (non-hydrogen) atoms. The molecule has 1 aromatic rings. The van der Waals surface area contributed by atoms with Gasteiger partial charge in [-0.2, -0.15) is 0 Å². The Balaban J connectivity index is 2.41. The lowest BCUT2D eigenvalue weighted by Gasteiger charge is -2.12. The Morgan fingerprint density at radius 1 is 1.32 bits per heavy atom. The first-order chi connectivity index (χ1) is 9.20. The number of hydrogen-bond acceptors (Lipinski definition) is 6. The Kier molecular flexibility index (Phi) is 2.60. The molecule has 7 nitrogen and oxygen atoms in total. The van der Waals surface area contributed by atoms with Crippen LogP contribution in [-0.4, -0.2) is 31.0 Å². The molecule has 0 amide bonds. The summed E-state index contributed by atoms with van der Waals surface area (Å²) in [7, 11) is 0. The predicted octanol–water partition coefficient (Wildman–Crippen LogP) is -0.0846. The number of nitrogens with zero attached hydrogens (tertiary/aromatic N) is 4. The SMILES string of the molecule is N=c1ncnc2n3cc(CCN)ccc3c(O)nc1-2. The van der Waals surface area contributed by atoms with E-state index in [0.717, 1.165) is 12.0 Å². The molecule has 3 heterocycles. The standard InChI is InChI=1S/C12H12N6O/c13-4-3-7-1-2-8-12(19)17-9-10(14)15-6-16-11(9)18(8)5-7/h1-2,5-6,14,19H,3-4,13H2. The van der Waals surface area contributed by atoms with Crippen LogP contribution in [0, 0.1) is 5.41 Å². The molecule has 0 saturated carbocycles. The molecule has 0 radical (unpaired) electrons. The summed E-state index contributed by atoms with van der Waals surface area (Å²) in [5.74, 6) is 0.349. The normalized spacial score (nSPS) is 11.2. The summed E-state index contributed by atoms with van der Waals surface area (Å²) in [6, 6.07) is 3.65. The quantitative estimate of drug-likeness (QED) is 0.555. The van der Waals surface area contributed by atoms with Crippen molar-refractivity contribution in [3.05, 3.63) is 35.7 Å². The Labute approximate surface area is 108 Å². The van der Waals surface area contributed by atoms with Crippen molar-refractivity contribution in [1.82, 2.24) is 19.4 Å². The summed E-state index contributed by atoms with van der Waals surface area (Å²) in [4.78, 5) is 11.9. The molecule has 4 N–H and O–H groups in total. The summed E-state index contributed by atoms with van der Waals surface area (Å²) in [5.41, 5.74) is 7.35. The highest BCUT2D eigenvalue weighted by Crippen LogP contribution is 2.23. The Morgan fingerprint density at radius 2 is 2.16 bits per heavy atom. The fourth-order valence-electron chi connectivity index (χ4n) is 2.03. The van der Waals surface area contributed by atoms with Gasteiger partial charge in [0.15, 0.2) is 17.0 Å². The molecule has 0 atom stereocenters. The van der Waals surface area contributed by atoms with E-state index in [1.54, 1.807) is 10.5 Å². The Morgan fingerprint density at radius 3 is 2.95 bits per heavy atom. The van der Waals surface area contributed by atoms with Gasteiger partial charge < -0.3 is 10.8 Å². The molecule has 0 spiro atoms. The molecule has 0 bridgehead atoms. The van der Waals surface area contributed by atoms with E-state index >= 15 is 0 Å². The van der Waals surface area contributed by atoms with Gasteiger partial charge in [-0.15, -0.1) is 0 Å². The van der Waals surface area contributed by atoms with Crippen LogP contribution >= 0.6 is 0 Å². The van der Waals surface area contributed by atoms with Gasteiger partial charge in [-0.25, -0.2) is 15.0 Å². The molecular formula is C12H12N6O. The second kappa shape index (κ2) is 4.29. The van der Waals surface area contributed by atoms with Crippen LogP contribution in [0.3, 0.4) is 0 Å². The van der Waals surface area contributed by atoms with Crippen molar-refractivity contribution in [2.75, 3.05) is 6.54 Å². The first kappa shape index (κ1) is 11.5. The highest BCUT2D eigenvalue weighted by Gasteiger charge is 2.15. The van der Waals surface area contributed by atoms with Crippen LogP contribution in [0.1, 0.15) is 5.56 Å². The number of rotatable bonds is 2. The lowest BCUT2D eigenvalue weighted by Crippen LogP contribution is -2.16. The molecule has 0 saturated heterocycles. The number of aromatic nitrogens is 4. The molecule has 96 valence electrons. The lowest BCUT2D eigenvalue weighted by molar-refractivity contribution is 0.456. The molecule has 7 heteroatoms. The highest BCUT2D eigenvalue weighted by molar-refractivity contribution is 5.65. The smallest absolute Gasteiger partial charge is 0.236 e. The Hall–Kier alpha value is -2.54. The van der Waals surface area contributed by atoms with E-state index in [2.05, 4.69) is 15.0 Å². The molecule has 0 unspecified atom stereocenters. The van der Waals surface area contributed by atoms with Crippen molar-refractivity contribution in [2.24, 2.45) is 5.73 Å². The minimum Gasteiger partial charge on any atom is -0.492 e. The number of hydrogen-bond donors (Lipinski definition) is 3. The van der Waals surface area contributed by atoms with Gasteiger partial charge in [-0.3, -0.25) is 9.81 Å². The van der Waals surface area contributed by atoms with Gasteiger partial charge in [0.1, 0.15) is 11.8 Å². The fourth-order valence-corrected chi connectivity index (χ4v) is 2.03. The third kappa shape index (κ3) is 1.80. The fraction of sp³-hybridized carbons (Fsp3) is 0.167. The van der Waals surface area contributed by atoms with E-state index in [1.165, 1.54) is 6.33 Å². The maximum Gasteiger partial charge on any atom is 0.236 e. The molecule has 3 rings (SSSR count). The van der Waals surface area contributed by atoms with Crippen LogP contribution in [0.2, 0.25) is 0 Å². The van der Waals surface area contributed by atoms with E-state index < -0.39 is 0 Å². The predicted molar refractivity (Wildman–Crippen MR) is 67.7 cm³/mol. The van der Waals surface area contributed by atoms with Gasteiger partial charge in [-0.1, -0.05) is 6.07 Å². The van der Waals surface area contributed by atoms with Crippen LogP contribution in [0.15, 0.2) is 24.7 Å². The van der Waals surface area contributed by atoms with Crippen LogP contribution in [-0.2, 0) is 6.42 Å². The van der Waals surface area contributed by atoms with Gasteiger partial charge in [0.2, 0.25) is 5.88 Å². The summed E-state index contributed by atoms with van der Waals surface area (Å²) in [6.07, 6.45) is 3.89. The van der Waals surface area contributed by atoms with Crippen molar-refractivity contribution < 1.29 is 5.11 Å². The van der Waals surface area contributed by atoms with E-state index in [4.69, 9.17) is 11.1 Å². The number of aromatic hydroxyl groups is 1. The van der Waals surface area contributed by atoms with Crippen molar-refractivity contribution in [1.29, 1.82) is 5.41 Å². The van der Waals surface area contributed by atoms with Crippen molar-refractivity contribution in [3.8, 4) is 17.4 Å². The monoisotopic (exact) mass is 256 g/mol. The second-order valence-electron chi connectivity index (χ2n) is 4.16. The van der Waals surface area contributed by atoms with E-state index in [1.807, 2.05) is 12.3 Å². The maximum absolute atomic E-state index is 9.92. The average molecular weight is 256 g/mol. The third-order valence-electron chi connectivity index (χ3n) is 2.92. The van der Waals surface area contributed by atoms with Gasteiger partial charge in [0, 0.05) is 6.20 Å². The molecule has 0 fully saturated rings. The zero-order valence-electron chi connectivity index (χ0n) is 10.0. The lowest BCUT2D eigenvalue weighted by atomic mass is 10.2. The molecule has 2 aliphatic heterocycles. The molecule has 1 aromatic heterocycles. The summed E-state index contributed by atoms with van der Waals surface area (Å²) >= 11 is 0. The molecule has 2 aliphatic rings.